The zero-order valence-corrected chi connectivity index (χ0v) is 12.5. The molecule has 1 atom stereocenters. The molecule has 0 spiro atoms. The molecule has 1 rings (SSSR count). The van der Waals surface area contributed by atoms with Gasteiger partial charge in [0.05, 0.1) is 5.54 Å². The highest BCUT2D eigenvalue weighted by Gasteiger charge is 2.24. The van der Waals surface area contributed by atoms with Gasteiger partial charge in [0.25, 0.3) is 0 Å². The fraction of sp³-hybridized carbons (Fsp3) is 0.700. The number of anilines is 1. The summed E-state index contributed by atoms with van der Waals surface area (Å²) in [5, 5.41) is 9.01. The minimum Gasteiger partial charge on any atom is -0.368 e. The molecule has 1 unspecified atom stereocenters. The molecule has 4 N–H and O–H groups in total. The van der Waals surface area contributed by atoms with Crippen LogP contribution in [0.5, 0.6) is 0 Å². The van der Waals surface area contributed by atoms with Crippen LogP contribution in [0.3, 0.4) is 0 Å². The number of nitrogens with zero attached hydrogens (tertiary/aromatic N) is 3. The lowest BCUT2D eigenvalue weighted by molar-refractivity contribution is -0.122. The van der Waals surface area contributed by atoms with Crippen LogP contribution in [0.4, 0.5) is 5.13 Å². The molecule has 0 saturated heterocycles. The molecule has 0 aliphatic heterocycles. The molecule has 6 nitrogen and oxygen atoms in total. The van der Waals surface area contributed by atoms with E-state index in [0.717, 1.165) is 21.6 Å². The smallest absolute Gasteiger partial charge is 0.237 e. The second-order valence-corrected chi connectivity index (χ2v) is 6.78. The van der Waals surface area contributed by atoms with E-state index in [9.17, 15) is 4.79 Å². The van der Waals surface area contributed by atoms with Crippen LogP contribution < -0.4 is 16.4 Å². The van der Waals surface area contributed by atoms with Gasteiger partial charge in [-0.25, -0.2) is 0 Å². The number of hydrogen-bond acceptors (Lipinski definition) is 7. The summed E-state index contributed by atoms with van der Waals surface area (Å²) < 4.78 is 0.927. The third-order valence-corrected chi connectivity index (χ3v) is 4.72. The molecule has 18 heavy (non-hydrogen) atoms. The van der Waals surface area contributed by atoms with Crippen molar-refractivity contribution in [2.75, 3.05) is 24.7 Å². The van der Waals surface area contributed by atoms with Crippen LogP contribution in [0.1, 0.15) is 19.8 Å². The molecule has 0 bridgehead atoms. The van der Waals surface area contributed by atoms with E-state index in [4.69, 9.17) is 11.5 Å². The summed E-state index contributed by atoms with van der Waals surface area (Å²) in [6.45, 7) is 1.66. The summed E-state index contributed by atoms with van der Waals surface area (Å²) in [5.41, 5.74) is 10.1. The molecule has 0 aliphatic carbocycles. The molecular formula is C10H19N5OS2. The zero-order chi connectivity index (χ0) is 13.8. The third-order valence-electron chi connectivity index (χ3n) is 2.41. The first-order valence-corrected chi connectivity index (χ1v) is 7.35. The number of carbonyl (C=O) groups excluding carboxylic acids is 1. The number of hydrogen-bond donors (Lipinski definition) is 2. The Bertz CT molecular complexity index is 405. The van der Waals surface area contributed by atoms with E-state index in [1.165, 1.54) is 0 Å². The van der Waals surface area contributed by atoms with Crippen molar-refractivity contribution >= 4 is 34.1 Å². The Hall–Kier alpha value is -0.860. The topological polar surface area (TPSA) is 98.1 Å². The van der Waals surface area contributed by atoms with Crippen LogP contribution in [-0.4, -0.2) is 41.5 Å². The van der Waals surface area contributed by atoms with Crippen molar-refractivity contribution in [3.63, 3.8) is 0 Å². The Balaban J connectivity index is 2.31. The predicted octanol–water partition coefficient (Wildman–Crippen LogP) is 0.679. The average Bonchev–Trinajstić information content (AvgIpc) is 2.73. The van der Waals surface area contributed by atoms with Crippen molar-refractivity contribution in [1.29, 1.82) is 0 Å². The highest BCUT2D eigenvalue weighted by molar-refractivity contribution is 8.01. The summed E-state index contributed by atoms with van der Waals surface area (Å²) >= 11 is 3.17. The van der Waals surface area contributed by atoms with E-state index in [2.05, 4.69) is 10.2 Å². The van der Waals surface area contributed by atoms with E-state index >= 15 is 0 Å². The summed E-state index contributed by atoms with van der Waals surface area (Å²) in [5.74, 6) is 0.389. The average molecular weight is 289 g/mol. The molecule has 0 saturated carbocycles. The normalized spacial score (nSPS) is 14.2. The highest BCUT2D eigenvalue weighted by atomic mass is 32.2. The Labute approximate surface area is 115 Å². The number of amides is 1. The van der Waals surface area contributed by atoms with E-state index in [1.807, 2.05) is 19.0 Å². The Morgan fingerprint density at radius 3 is 2.67 bits per heavy atom. The first kappa shape index (κ1) is 15.2. The summed E-state index contributed by atoms with van der Waals surface area (Å²) in [6, 6.07) is 0. The summed E-state index contributed by atoms with van der Waals surface area (Å²) in [6.07, 6.45) is 1.39. The number of carbonyl (C=O) groups is 1. The largest absolute Gasteiger partial charge is 0.368 e. The van der Waals surface area contributed by atoms with Crippen molar-refractivity contribution in [2.45, 2.75) is 29.6 Å². The number of primary amides is 1. The quantitative estimate of drug-likeness (QED) is 0.566. The first-order valence-electron chi connectivity index (χ1n) is 5.55. The lowest BCUT2D eigenvalue weighted by Crippen LogP contribution is -2.49. The van der Waals surface area contributed by atoms with E-state index in [0.29, 0.717) is 6.42 Å². The van der Waals surface area contributed by atoms with Crippen molar-refractivity contribution in [2.24, 2.45) is 11.5 Å². The van der Waals surface area contributed by atoms with Crippen LogP contribution in [0.2, 0.25) is 0 Å². The SMILES string of the molecule is CN(C)c1nnc(SCCCC(C)(N)C(N)=O)s1. The van der Waals surface area contributed by atoms with Gasteiger partial charge in [0.1, 0.15) is 0 Å². The lowest BCUT2D eigenvalue weighted by Gasteiger charge is -2.19. The first-order chi connectivity index (χ1) is 8.33. The van der Waals surface area contributed by atoms with Gasteiger partial charge in [0, 0.05) is 19.8 Å². The van der Waals surface area contributed by atoms with Gasteiger partial charge in [0.15, 0.2) is 4.34 Å². The Kier molecular flexibility index (Phi) is 5.36. The number of rotatable bonds is 7. The second-order valence-electron chi connectivity index (χ2n) is 4.48. The molecule has 0 radical (unpaired) electrons. The predicted molar refractivity (Wildman–Crippen MR) is 76.0 cm³/mol. The van der Waals surface area contributed by atoms with Gasteiger partial charge >= 0.3 is 0 Å². The maximum Gasteiger partial charge on any atom is 0.237 e. The van der Waals surface area contributed by atoms with Gasteiger partial charge in [-0.2, -0.15) is 0 Å². The van der Waals surface area contributed by atoms with Gasteiger partial charge in [0.2, 0.25) is 11.0 Å². The van der Waals surface area contributed by atoms with Crippen molar-refractivity contribution in [3.8, 4) is 0 Å². The lowest BCUT2D eigenvalue weighted by atomic mass is 9.97. The molecular weight excluding hydrogens is 270 g/mol. The number of thioether (sulfide) groups is 1. The van der Waals surface area contributed by atoms with Crippen LogP contribution in [-0.2, 0) is 4.79 Å². The maximum atomic E-state index is 11.0. The number of aromatic nitrogens is 2. The van der Waals surface area contributed by atoms with Gasteiger partial charge < -0.3 is 16.4 Å². The molecule has 102 valence electrons. The summed E-state index contributed by atoms with van der Waals surface area (Å²) in [7, 11) is 3.86. The fourth-order valence-electron chi connectivity index (χ4n) is 1.16. The Morgan fingerprint density at radius 1 is 1.50 bits per heavy atom. The molecule has 1 heterocycles. The molecule has 1 aromatic heterocycles. The number of nitrogens with two attached hydrogens (primary N) is 2. The van der Waals surface area contributed by atoms with Crippen molar-refractivity contribution in [1.82, 2.24) is 10.2 Å². The van der Waals surface area contributed by atoms with E-state index in [1.54, 1.807) is 30.0 Å². The minimum absolute atomic E-state index is 0.460. The molecule has 0 aliphatic rings. The fourth-order valence-corrected chi connectivity index (χ4v) is 2.94. The van der Waals surface area contributed by atoms with Crippen LogP contribution >= 0.6 is 23.1 Å². The van der Waals surface area contributed by atoms with Crippen LogP contribution in [0.15, 0.2) is 4.34 Å². The highest BCUT2D eigenvalue weighted by Crippen LogP contribution is 2.27. The van der Waals surface area contributed by atoms with Gasteiger partial charge in [-0.05, 0) is 19.8 Å². The molecule has 0 fully saturated rings. The third kappa shape index (κ3) is 4.43. The van der Waals surface area contributed by atoms with E-state index < -0.39 is 11.4 Å². The van der Waals surface area contributed by atoms with Crippen molar-refractivity contribution < 1.29 is 4.79 Å². The molecule has 1 amide bonds. The second kappa shape index (κ2) is 6.35. The van der Waals surface area contributed by atoms with Crippen LogP contribution in [0.25, 0.3) is 0 Å². The molecule has 8 heteroatoms. The van der Waals surface area contributed by atoms with Crippen LogP contribution in [0, 0.1) is 0 Å². The standard InChI is InChI=1S/C10H19N5OS2/c1-10(12,7(11)16)5-4-6-17-9-14-13-8(18-9)15(2)3/h4-6,12H2,1-3H3,(H2,11,16). The molecule has 0 aromatic carbocycles. The van der Waals surface area contributed by atoms with E-state index in [-0.39, 0.29) is 0 Å². The summed E-state index contributed by atoms with van der Waals surface area (Å²) in [4.78, 5) is 13.0. The van der Waals surface area contributed by atoms with Gasteiger partial charge in [-0.15, -0.1) is 10.2 Å². The van der Waals surface area contributed by atoms with Gasteiger partial charge in [-0.1, -0.05) is 23.1 Å². The molecule has 1 aromatic rings. The maximum absolute atomic E-state index is 11.0. The zero-order valence-electron chi connectivity index (χ0n) is 10.8. The monoisotopic (exact) mass is 289 g/mol. The Morgan fingerprint density at radius 2 is 2.17 bits per heavy atom. The minimum atomic E-state index is -0.920. The van der Waals surface area contributed by atoms with Gasteiger partial charge in [-0.3, -0.25) is 4.79 Å². The van der Waals surface area contributed by atoms with Crippen molar-refractivity contribution in [3.05, 3.63) is 0 Å².